The molecule has 0 aliphatic heterocycles. The monoisotopic (exact) mass is 325 g/mol. The summed E-state index contributed by atoms with van der Waals surface area (Å²) in [6.07, 6.45) is 2.99. The van der Waals surface area contributed by atoms with Crippen molar-refractivity contribution >= 4 is 38.6 Å². The second kappa shape index (κ2) is 5.71. The number of hydrogen-bond donors (Lipinski definition) is 2. The number of nitrogen functional groups attached to an aromatic ring is 1. The zero-order chi connectivity index (χ0) is 13.1. The van der Waals surface area contributed by atoms with E-state index >= 15 is 0 Å². The van der Waals surface area contributed by atoms with E-state index in [4.69, 9.17) is 5.73 Å². The van der Waals surface area contributed by atoms with Crippen LogP contribution in [-0.4, -0.2) is 4.98 Å². The lowest BCUT2D eigenvalue weighted by molar-refractivity contribution is 1.09. The summed E-state index contributed by atoms with van der Waals surface area (Å²) in [6.45, 7) is 4.89. The number of benzene rings is 1. The first-order valence-corrected chi connectivity index (χ1v) is 7.44. The Morgan fingerprint density at radius 2 is 2.22 bits per heavy atom. The van der Waals surface area contributed by atoms with Crippen molar-refractivity contribution in [1.29, 1.82) is 0 Å². The Morgan fingerprint density at radius 1 is 1.44 bits per heavy atom. The van der Waals surface area contributed by atoms with E-state index in [2.05, 4.69) is 33.2 Å². The van der Waals surface area contributed by atoms with Gasteiger partial charge in [-0.25, -0.2) is 4.98 Å². The van der Waals surface area contributed by atoms with Crippen LogP contribution in [0.1, 0.15) is 22.4 Å². The molecule has 0 aliphatic carbocycles. The van der Waals surface area contributed by atoms with Crippen LogP contribution in [0.25, 0.3) is 0 Å². The fourth-order valence-electron chi connectivity index (χ4n) is 1.60. The van der Waals surface area contributed by atoms with E-state index in [9.17, 15) is 0 Å². The molecule has 18 heavy (non-hydrogen) atoms. The number of thiazole rings is 1. The molecule has 2 aromatic rings. The Labute approximate surface area is 120 Å². The maximum Gasteiger partial charge on any atom is 0.112 e. The molecule has 0 spiro atoms. The largest absolute Gasteiger partial charge is 0.398 e. The first kappa shape index (κ1) is 13.4. The van der Waals surface area contributed by atoms with Gasteiger partial charge in [-0.2, -0.15) is 0 Å². The molecule has 0 fully saturated rings. The van der Waals surface area contributed by atoms with E-state index in [1.807, 2.05) is 25.3 Å². The van der Waals surface area contributed by atoms with Crippen molar-refractivity contribution in [1.82, 2.24) is 4.98 Å². The highest BCUT2D eigenvalue weighted by Gasteiger charge is 2.05. The summed E-state index contributed by atoms with van der Waals surface area (Å²) in [5.41, 5.74) is 8.78. The van der Waals surface area contributed by atoms with Crippen molar-refractivity contribution in [3.8, 4) is 0 Å². The van der Waals surface area contributed by atoms with Gasteiger partial charge in [-0.05, 0) is 47.0 Å². The van der Waals surface area contributed by atoms with Crippen molar-refractivity contribution in [2.45, 2.75) is 26.8 Å². The van der Waals surface area contributed by atoms with E-state index in [-0.39, 0.29) is 0 Å². The highest BCUT2D eigenvalue weighted by molar-refractivity contribution is 9.10. The molecule has 5 heteroatoms. The molecule has 0 atom stereocenters. The molecule has 1 aromatic carbocycles. The normalized spacial score (nSPS) is 10.6. The number of hydrogen-bond acceptors (Lipinski definition) is 4. The molecular formula is C13H16BrN3S. The molecule has 0 radical (unpaired) electrons. The van der Waals surface area contributed by atoms with Gasteiger partial charge in [-0.15, -0.1) is 11.3 Å². The number of rotatable bonds is 4. The zero-order valence-electron chi connectivity index (χ0n) is 10.5. The van der Waals surface area contributed by atoms with Crippen LogP contribution in [-0.2, 0) is 13.0 Å². The zero-order valence-corrected chi connectivity index (χ0v) is 12.9. The highest BCUT2D eigenvalue weighted by Crippen LogP contribution is 2.28. The van der Waals surface area contributed by atoms with Gasteiger partial charge in [-0.1, -0.05) is 6.92 Å². The number of halogens is 1. The van der Waals surface area contributed by atoms with Gasteiger partial charge < -0.3 is 11.1 Å². The van der Waals surface area contributed by atoms with Crippen molar-refractivity contribution < 1.29 is 0 Å². The Balaban J connectivity index is 2.08. The SMILES string of the molecule is CCc1cnc(CNc2cc(C)c(N)cc2Br)s1. The van der Waals surface area contributed by atoms with Gasteiger partial charge in [0.1, 0.15) is 5.01 Å². The summed E-state index contributed by atoms with van der Waals surface area (Å²) in [6, 6.07) is 3.98. The van der Waals surface area contributed by atoms with Crippen molar-refractivity contribution in [2.24, 2.45) is 0 Å². The lowest BCUT2D eigenvalue weighted by Gasteiger charge is -2.10. The lowest BCUT2D eigenvalue weighted by Crippen LogP contribution is -2.01. The number of aromatic nitrogens is 1. The van der Waals surface area contributed by atoms with Gasteiger partial charge >= 0.3 is 0 Å². The first-order valence-electron chi connectivity index (χ1n) is 5.83. The molecule has 0 unspecified atom stereocenters. The number of nitrogens with zero attached hydrogens (tertiary/aromatic N) is 1. The number of aryl methyl sites for hydroxylation is 2. The van der Waals surface area contributed by atoms with Gasteiger partial charge in [0.05, 0.1) is 6.54 Å². The van der Waals surface area contributed by atoms with Crippen LogP contribution in [0.3, 0.4) is 0 Å². The third-order valence-electron chi connectivity index (χ3n) is 2.74. The van der Waals surface area contributed by atoms with Gasteiger partial charge in [0.25, 0.3) is 0 Å². The molecule has 0 saturated heterocycles. The van der Waals surface area contributed by atoms with Crippen molar-refractivity contribution in [3.63, 3.8) is 0 Å². The average Bonchev–Trinajstić information content (AvgIpc) is 2.80. The number of anilines is 2. The second-order valence-electron chi connectivity index (χ2n) is 4.12. The second-order valence-corrected chi connectivity index (χ2v) is 6.17. The predicted molar refractivity (Wildman–Crippen MR) is 82.1 cm³/mol. The maximum absolute atomic E-state index is 5.85. The summed E-state index contributed by atoms with van der Waals surface area (Å²) in [4.78, 5) is 5.71. The molecule has 0 saturated carbocycles. The smallest absolute Gasteiger partial charge is 0.112 e. The lowest BCUT2D eigenvalue weighted by atomic mass is 10.2. The predicted octanol–water partition coefficient (Wildman–Crippen LogP) is 3.97. The average molecular weight is 326 g/mol. The molecule has 0 aliphatic rings. The van der Waals surface area contributed by atoms with E-state index < -0.39 is 0 Å². The molecule has 0 amide bonds. The molecule has 2 rings (SSSR count). The fourth-order valence-corrected chi connectivity index (χ4v) is 2.90. The van der Waals surface area contributed by atoms with Gasteiger partial charge in [0.15, 0.2) is 0 Å². The Morgan fingerprint density at radius 3 is 2.89 bits per heavy atom. The molecule has 3 nitrogen and oxygen atoms in total. The van der Waals surface area contributed by atoms with Crippen molar-refractivity contribution in [3.05, 3.63) is 38.3 Å². The Hall–Kier alpha value is -1.07. The summed E-state index contributed by atoms with van der Waals surface area (Å²) in [5.74, 6) is 0. The van der Waals surface area contributed by atoms with Crippen LogP contribution in [0.4, 0.5) is 11.4 Å². The molecule has 3 N–H and O–H groups in total. The summed E-state index contributed by atoms with van der Waals surface area (Å²) in [5, 5.41) is 4.49. The Bertz CT molecular complexity index is 551. The van der Waals surface area contributed by atoms with Crippen LogP contribution in [0.2, 0.25) is 0 Å². The van der Waals surface area contributed by atoms with Gasteiger partial charge in [0, 0.05) is 26.9 Å². The van der Waals surface area contributed by atoms with E-state index in [0.29, 0.717) is 0 Å². The third kappa shape index (κ3) is 3.03. The van der Waals surface area contributed by atoms with E-state index in [0.717, 1.165) is 39.4 Å². The van der Waals surface area contributed by atoms with Gasteiger partial charge in [-0.3, -0.25) is 0 Å². The molecule has 0 bridgehead atoms. The standard InChI is InChI=1S/C13H16BrN3S/c1-3-9-6-17-13(18-9)7-16-12-4-8(2)11(15)5-10(12)14/h4-6,16H,3,7,15H2,1-2H3. The highest BCUT2D eigenvalue weighted by atomic mass is 79.9. The minimum atomic E-state index is 0.743. The topological polar surface area (TPSA) is 50.9 Å². The Kier molecular flexibility index (Phi) is 4.24. The summed E-state index contributed by atoms with van der Waals surface area (Å²) < 4.78 is 0.984. The molecule has 1 heterocycles. The van der Waals surface area contributed by atoms with Crippen LogP contribution >= 0.6 is 27.3 Å². The van der Waals surface area contributed by atoms with Crippen molar-refractivity contribution in [2.75, 3.05) is 11.1 Å². The molecular weight excluding hydrogens is 310 g/mol. The minimum absolute atomic E-state index is 0.743. The molecule has 96 valence electrons. The number of nitrogens with one attached hydrogen (secondary N) is 1. The van der Waals surface area contributed by atoms with Gasteiger partial charge in [0.2, 0.25) is 0 Å². The first-order chi connectivity index (χ1) is 8.60. The third-order valence-corrected chi connectivity index (χ3v) is 4.53. The minimum Gasteiger partial charge on any atom is -0.398 e. The summed E-state index contributed by atoms with van der Waals surface area (Å²) >= 11 is 5.27. The van der Waals surface area contributed by atoms with E-state index in [1.54, 1.807) is 11.3 Å². The van der Waals surface area contributed by atoms with Crippen LogP contribution in [0.5, 0.6) is 0 Å². The quantitative estimate of drug-likeness (QED) is 0.836. The number of nitrogens with two attached hydrogens (primary N) is 1. The molecule has 1 aromatic heterocycles. The van der Waals surface area contributed by atoms with Crippen LogP contribution in [0, 0.1) is 6.92 Å². The maximum atomic E-state index is 5.85. The fraction of sp³-hybridized carbons (Fsp3) is 0.308. The van der Waals surface area contributed by atoms with Crippen LogP contribution < -0.4 is 11.1 Å². The summed E-state index contributed by atoms with van der Waals surface area (Å²) in [7, 11) is 0. The van der Waals surface area contributed by atoms with Crippen LogP contribution in [0.15, 0.2) is 22.8 Å². The van der Waals surface area contributed by atoms with E-state index in [1.165, 1.54) is 4.88 Å².